The van der Waals surface area contributed by atoms with E-state index in [1.807, 2.05) is 0 Å². The van der Waals surface area contributed by atoms with Gasteiger partial charge in [-0.3, -0.25) is 4.68 Å². The Morgan fingerprint density at radius 3 is 2.62 bits per heavy atom. The summed E-state index contributed by atoms with van der Waals surface area (Å²) in [7, 11) is 2.67. The molecule has 142 valence electrons. The number of alkyl halides is 3. The molecule has 2 rings (SSSR count). The van der Waals surface area contributed by atoms with Crippen molar-refractivity contribution in [3.63, 3.8) is 0 Å². The molecule has 1 N–H and O–H groups in total. The van der Waals surface area contributed by atoms with Crippen molar-refractivity contribution in [2.45, 2.75) is 19.6 Å². The summed E-state index contributed by atoms with van der Waals surface area (Å²) in [5.41, 5.74) is -0.675. The molecule has 0 spiro atoms. The summed E-state index contributed by atoms with van der Waals surface area (Å²) in [4.78, 5) is 12.1. The molecule has 0 fully saturated rings. The highest BCUT2D eigenvalue weighted by Crippen LogP contribution is 2.40. The number of halogens is 3. The van der Waals surface area contributed by atoms with Crippen LogP contribution >= 0.6 is 0 Å². The lowest BCUT2D eigenvalue weighted by atomic mass is 9.98. The molecule has 0 amide bonds. The fourth-order valence-corrected chi connectivity index (χ4v) is 2.58. The van der Waals surface area contributed by atoms with Gasteiger partial charge in [0, 0.05) is 31.1 Å². The van der Waals surface area contributed by atoms with Crippen molar-refractivity contribution in [2.75, 3.05) is 32.7 Å². The predicted octanol–water partition coefficient (Wildman–Crippen LogP) is 3.43. The molecular formula is C17H20F3N3O3. The van der Waals surface area contributed by atoms with Crippen molar-refractivity contribution in [2.24, 2.45) is 0 Å². The maximum atomic E-state index is 13.7. The van der Waals surface area contributed by atoms with E-state index in [0.29, 0.717) is 6.54 Å². The summed E-state index contributed by atoms with van der Waals surface area (Å²) in [6.45, 7) is 2.64. The van der Waals surface area contributed by atoms with Gasteiger partial charge >= 0.3 is 12.1 Å². The standard InChI is InChI=1S/C17H20F3N3O3/c1-4-21-14-10-13(17(18,19)20)11(9-12(14)16(24)26-3)15-5-6-22-23(15)7-8-25-2/h5-6,9-10,21H,4,7-8H2,1-3H3. The average molecular weight is 371 g/mol. The van der Waals surface area contributed by atoms with E-state index in [9.17, 15) is 18.0 Å². The van der Waals surface area contributed by atoms with Crippen LogP contribution in [0.3, 0.4) is 0 Å². The van der Waals surface area contributed by atoms with Crippen molar-refractivity contribution in [1.29, 1.82) is 0 Å². The largest absolute Gasteiger partial charge is 0.465 e. The Bertz CT molecular complexity index is 772. The van der Waals surface area contributed by atoms with Crippen molar-refractivity contribution < 1.29 is 27.4 Å². The highest BCUT2D eigenvalue weighted by molar-refractivity contribution is 5.97. The first-order chi connectivity index (χ1) is 12.3. The third-order valence-electron chi connectivity index (χ3n) is 3.74. The van der Waals surface area contributed by atoms with Crippen LogP contribution in [-0.4, -0.2) is 43.1 Å². The van der Waals surface area contributed by atoms with Gasteiger partial charge in [0.2, 0.25) is 0 Å². The van der Waals surface area contributed by atoms with E-state index < -0.39 is 17.7 Å². The number of nitrogens with zero attached hydrogens (tertiary/aromatic N) is 2. The molecule has 0 saturated carbocycles. The summed E-state index contributed by atoms with van der Waals surface area (Å²) in [6.07, 6.45) is -3.20. The zero-order chi connectivity index (χ0) is 19.3. The molecule has 0 atom stereocenters. The number of hydrogen-bond acceptors (Lipinski definition) is 5. The summed E-state index contributed by atoms with van der Waals surface area (Å²) in [6, 6.07) is 3.58. The number of hydrogen-bond donors (Lipinski definition) is 1. The number of anilines is 1. The van der Waals surface area contributed by atoms with Gasteiger partial charge in [-0.05, 0) is 25.1 Å². The molecule has 1 aromatic carbocycles. The Balaban J connectivity index is 2.70. The number of carbonyl (C=O) groups excluding carboxylic acids is 1. The summed E-state index contributed by atoms with van der Waals surface area (Å²) in [5, 5.41) is 6.83. The second kappa shape index (κ2) is 8.22. The van der Waals surface area contributed by atoms with Gasteiger partial charge in [-0.1, -0.05) is 0 Å². The van der Waals surface area contributed by atoms with Crippen molar-refractivity contribution in [3.05, 3.63) is 35.5 Å². The van der Waals surface area contributed by atoms with E-state index in [0.717, 1.165) is 6.07 Å². The number of carbonyl (C=O) groups is 1. The van der Waals surface area contributed by atoms with Crippen LogP contribution in [0.25, 0.3) is 11.3 Å². The van der Waals surface area contributed by atoms with Crippen LogP contribution in [0.4, 0.5) is 18.9 Å². The first-order valence-electron chi connectivity index (χ1n) is 7.92. The van der Waals surface area contributed by atoms with E-state index >= 15 is 0 Å². The zero-order valence-corrected chi connectivity index (χ0v) is 14.7. The fraction of sp³-hybridized carbons (Fsp3) is 0.412. The zero-order valence-electron chi connectivity index (χ0n) is 14.7. The number of nitrogens with one attached hydrogen (secondary N) is 1. The van der Waals surface area contributed by atoms with Crippen LogP contribution in [0.15, 0.2) is 24.4 Å². The lowest BCUT2D eigenvalue weighted by Crippen LogP contribution is -2.15. The van der Waals surface area contributed by atoms with Crippen molar-refractivity contribution in [3.8, 4) is 11.3 Å². The van der Waals surface area contributed by atoms with Crippen LogP contribution in [0.1, 0.15) is 22.8 Å². The number of rotatable bonds is 7. The number of methoxy groups -OCH3 is 2. The Hall–Kier alpha value is -2.55. The Morgan fingerprint density at radius 2 is 2.04 bits per heavy atom. The second-order valence-corrected chi connectivity index (χ2v) is 5.40. The van der Waals surface area contributed by atoms with Crippen LogP contribution in [-0.2, 0) is 22.2 Å². The molecule has 9 heteroatoms. The topological polar surface area (TPSA) is 65.4 Å². The molecule has 0 aliphatic rings. The first kappa shape index (κ1) is 19.8. The number of aromatic nitrogens is 2. The summed E-state index contributed by atoms with van der Waals surface area (Å²) in [5.74, 6) is -0.723. The molecule has 0 aliphatic carbocycles. The van der Waals surface area contributed by atoms with Crippen molar-refractivity contribution in [1.82, 2.24) is 9.78 Å². The van der Waals surface area contributed by atoms with E-state index in [1.165, 1.54) is 37.2 Å². The van der Waals surface area contributed by atoms with Gasteiger partial charge in [0.25, 0.3) is 0 Å². The third-order valence-corrected chi connectivity index (χ3v) is 3.74. The van der Waals surface area contributed by atoms with Crippen LogP contribution in [0.2, 0.25) is 0 Å². The quantitative estimate of drug-likeness (QED) is 0.756. The fourth-order valence-electron chi connectivity index (χ4n) is 2.58. The van der Waals surface area contributed by atoms with E-state index in [4.69, 9.17) is 9.47 Å². The normalized spacial score (nSPS) is 11.5. The number of ether oxygens (including phenoxy) is 2. The minimum atomic E-state index is -4.61. The smallest absolute Gasteiger partial charge is 0.417 e. The predicted molar refractivity (Wildman–Crippen MR) is 90.0 cm³/mol. The van der Waals surface area contributed by atoms with Gasteiger partial charge in [-0.15, -0.1) is 0 Å². The Morgan fingerprint density at radius 1 is 1.31 bits per heavy atom. The molecule has 6 nitrogen and oxygen atoms in total. The van der Waals surface area contributed by atoms with Crippen LogP contribution in [0.5, 0.6) is 0 Å². The molecule has 0 unspecified atom stereocenters. The Labute approximate surface area is 148 Å². The Kier molecular flexibility index (Phi) is 6.25. The molecule has 1 aromatic heterocycles. The van der Waals surface area contributed by atoms with Crippen molar-refractivity contribution >= 4 is 11.7 Å². The van der Waals surface area contributed by atoms with Gasteiger partial charge in [0.1, 0.15) is 0 Å². The molecular weight excluding hydrogens is 351 g/mol. The molecule has 0 aliphatic heterocycles. The first-order valence-corrected chi connectivity index (χ1v) is 7.92. The monoisotopic (exact) mass is 371 g/mol. The molecule has 0 bridgehead atoms. The van der Waals surface area contributed by atoms with Gasteiger partial charge < -0.3 is 14.8 Å². The van der Waals surface area contributed by atoms with Gasteiger partial charge in [-0.2, -0.15) is 18.3 Å². The SMILES string of the molecule is CCNc1cc(C(F)(F)F)c(-c2ccnn2CCOC)cc1C(=O)OC. The van der Waals surface area contributed by atoms with Gasteiger partial charge in [0.05, 0.1) is 37.1 Å². The summed E-state index contributed by atoms with van der Waals surface area (Å²) < 4.78 is 52.1. The van der Waals surface area contributed by atoms with E-state index in [1.54, 1.807) is 6.92 Å². The van der Waals surface area contributed by atoms with Crippen LogP contribution in [0, 0.1) is 0 Å². The summed E-state index contributed by atoms with van der Waals surface area (Å²) >= 11 is 0. The number of esters is 1. The lowest BCUT2D eigenvalue weighted by molar-refractivity contribution is -0.137. The molecule has 0 saturated heterocycles. The van der Waals surface area contributed by atoms with Gasteiger partial charge in [0.15, 0.2) is 0 Å². The highest BCUT2D eigenvalue weighted by Gasteiger charge is 2.36. The molecule has 0 radical (unpaired) electrons. The maximum Gasteiger partial charge on any atom is 0.417 e. The van der Waals surface area contributed by atoms with E-state index in [2.05, 4.69) is 10.4 Å². The maximum absolute atomic E-state index is 13.7. The average Bonchev–Trinajstić information content (AvgIpc) is 3.06. The highest BCUT2D eigenvalue weighted by atomic mass is 19.4. The molecule has 2 aromatic rings. The minimum absolute atomic E-state index is 0.0249. The van der Waals surface area contributed by atoms with Gasteiger partial charge in [-0.25, -0.2) is 4.79 Å². The molecule has 1 heterocycles. The second-order valence-electron chi connectivity index (χ2n) is 5.40. The van der Waals surface area contributed by atoms with E-state index in [-0.39, 0.29) is 35.7 Å². The molecule has 26 heavy (non-hydrogen) atoms. The third kappa shape index (κ3) is 4.16. The lowest BCUT2D eigenvalue weighted by Gasteiger charge is -2.18. The number of benzene rings is 1. The van der Waals surface area contributed by atoms with Crippen LogP contribution < -0.4 is 5.32 Å². The minimum Gasteiger partial charge on any atom is -0.465 e.